The van der Waals surface area contributed by atoms with Gasteiger partial charge in [-0.25, -0.2) is 0 Å². The van der Waals surface area contributed by atoms with Gasteiger partial charge in [0.25, 0.3) is 0 Å². The molecule has 1 spiro atoms. The van der Waals surface area contributed by atoms with Gasteiger partial charge in [-0.15, -0.1) is 0 Å². The van der Waals surface area contributed by atoms with E-state index in [9.17, 15) is 0 Å². The number of aromatic nitrogens is 1. The standard InChI is InChI=1S/C21H29N3O2/c1-2-23-12-18(14-25-15-19-6-3-4-9-22-19)21(16-23)8-10-24(17-21)13-20-7-5-11-26-20/h3-7,9,11,18H,2,8,10,12-17H2,1H3/t18-,21+/m1/s1. The number of nitrogens with zero attached hydrogens (tertiary/aromatic N) is 3. The molecule has 0 N–H and O–H groups in total. The van der Waals surface area contributed by atoms with E-state index in [2.05, 4.69) is 27.8 Å². The molecule has 2 saturated heterocycles. The second-order valence-corrected chi connectivity index (χ2v) is 7.76. The van der Waals surface area contributed by atoms with E-state index in [1.165, 1.54) is 13.0 Å². The van der Waals surface area contributed by atoms with Crippen LogP contribution in [0.1, 0.15) is 24.8 Å². The molecule has 2 aliphatic heterocycles. The summed E-state index contributed by atoms with van der Waals surface area (Å²) < 4.78 is 11.6. The maximum atomic E-state index is 6.10. The van der Waals surface area contributed by atoms with Crippen molar-refractivity contribution in [3.05, 3.63) is 54.2 Å². The monoisotopic (exact) mass is 355 g/mol. The molecule has 4 rings (SSSR count). The van der Waals surface area contributed by atoms with Crippen molar-refractivity contribution < 1.29 is 9.15 Å². The molecule has 5 heteroatoms. The fourth-order valence-corrected chi connectivity index (χ4v) is 4.61. The van der Waals surface area contributed by atoms with Gasteiger partial charge in [0, 0.05) is 37.2 Å². The van der Waals surface area contributed by atoms with Crippen LogP contribution in [0.15, 0.2) is 47.2 Å². The third-order valence-electron chi connectivity index (χ3n) is 6.05. The highest BCUT2D eigenvalue weighted by molar-refractivity contribution is 5.05. The first kappa shape index (κ1) is 17.7. The average molecular weight is 355 g/mol. The smallest absolute Gasteiger partial charge is 0.117 e. The van der Waals surface area contributed by atoms with Crippen molar-refractivity contribution in [2.75, 3.05) is 39.3 Å². The molecule has 26 heavy (non-hydrogen) atoms. The second kappa shape index (κ2) is 7.91. The lowest BCUT2D eigenvalue weighted by Crippen LogP contribution is -2.36. The van der Waals surface area contributed by atoms with Gasteiger partial charge >= 0.3 is 0 Å². The molecule has 2 aromatic rings. The zero-order valence-electron chi connectivity index (χ0n) is 15.6. The van der Waals surface area contributed by atoms with Crippen molar-refractivity contribution in [3.63, 3.8) is 0 Å². The van der Waals surface area contributed by atoms with Gasteiger partial charge in [0.2, 0.25) is 0 Å². The lowest BCUT2D eigenvalue weighted by atomic mass is 9.77. The maximum absolute atomic E-state index is 6.10. The number of likely N-dealkylation sites (tertiary alicyclic amines) is 2. The first-order valence-corrected chi connectivity index (χ1v) is 9.72. The van der Waals surface area contributed by atoms with Crippen LogP contribution in [0.4, 0.5) is 0 Å². The summed E-state index contributed by atoms with van der Waals surface area (Å²) in [5, 5.41) is 0. The third-order valence-corrected chi connectivity index (χ3v) is 6.05. The molecule has 4 heterocycles. The number of hydrogen-bond acceptors (Lipinski definition) is 5. The van der Waals surface area contributed by atoms with Crippen LogP contribution in [0.2, 0.25) is 0 Å². The van der Waals surface area contributed by atoms with Crippen LogP contribution in [0.5, 0.6) is 0 Å². The number of hydrogen-bond donors (Lipinski definition) is 0. The number of pyridine rings is 1. The Labute approximate surface area is 156 Å². The molecular formula is C21H29N3O2. The van der Waals surface area contributed by atoms with Crippen LogP contribution >= 0.6 is 0 Å². The van der Waals surface area contributed by atoms with Crippen LogP contribution in [0.25, 0.3) is 0 Å². The Bertz CT molecular complexity index is 676. The van der Waals surface area contributed by atoms with Crippen LogP contribution in [0.3, 0.4) is 0 Å². The molecular weight excluding hydrogens is 326 g/mol. The van der Waals surface area contributed by atoms with Gasteiger partial charge in [-0.3, -0.25) is 9.88 Å². The van der Waals surface area contributed by atoms with Crippen molar-refractivity contribution in [1.29, 1.82) is 0 Å². The highest BCUT2D eigenvalue weighted by Crippen LogP contribution is 2.44. The third kappa shape index (κ3) is 3.85. The van der Waals surface area contributed by atoms with Gasteiger partial charge in [0.15, 0.2) is 0 Å². The second-order valence-electron chi connectivity index (χ2n) is 7.76. The minimum atomic E-state index is 0.354. The van der Waals surface area contributed by atoms with Crippen molar-refractivity contribution in [1.82, 2.24) is 14.8 Å². The average Bonchev–Trinajstić information content (AvgIpc) is 3.39. The highest BCUT2D eigenvalue weighted by Gasteiger charge is 2.49. The van der Waals surface area contributed by atoms with Gasteiger partial charge in [0.05, 0.1) is 31.7 Å². The van der Waals surface area contributed by atoms with E-state index >= 15 is 0 Å². The summed E-state index contributed by atoms with van der Waals surface area (Å²) in [6.07, 6.45) is 4.85. The quantitative estimate of drug-likeness (QED) is 0.764. The van der Waals surface area contributed by atoms with Crippen molar-refractivity contribution in [3.8, 4) is 0 Å². The summed E-state index contributed by atoms with van der Waals surface area (Å²) in [5.41, 5.74) is 1.37. The van der Waals surface area contributed by atoms with Gasteiger partial charge in [-0.05, 0) is 43.8 Å². The van der Waals surface area contributed by atoms with E-state index in [4.69, 9.17) is 9.15 Å². The molecule has 2 atom stereocenters. The predicted octanol–water partition coefficient (Wildman–Crippen LogP) is 3.04. The van der Waals surface area contributed by atoms with Crippen molar-refractivity contribution >= 4 is 0 Å². The normalized spacial score (nSPS) is 26.9. The molecule has 2 fully saturated rings. The van der Waals surface area contributed by atoms with Crippen LogP contribution in [0, 0.1) is 11.3 Å². The molecule has 0 aliphatic carbocycles. The molecule has 0 unspecified atom stereocenters. The predicted molar refractivity (Wildman–Crippen MR) is 101 cm³/mol. The van der Waals surface area contributed by atoms with E-state index in [0.29, 0.717) is 17.9 Å². The Morgan fingerprint density at radius 3 is 2.92 bits per heavy atom. The Hall–Kier alpha value is -1.69. The van der Waals surface area contributed by atoms with E-state index in [0.717, 1.165) is 50.8 Å². The summed E-state index contributed by atoms with van der Waals surface area (Å²) in [6, 6.07) is 10.0. The molecule has 2 aliphatic rings. The molecule has 5 nitrogen and oxygen atoms in total. The lowest BCUT2D eigenvalue weighted by molar-refractivity contribution is 0.0498. The molecule has 0 saturated carbocycles. The first-order valence-electron chi connectivity index (χ1n) is 9.72. The van der Waals surface area contributed by atoms with E-state index in [-0.39, 0.29) is 0 Å². The van der Waals surface area contributed by atoms with Crippen LogP contribution in [-0.2, 0) is 17.9 Å². The largest absolute Gasteiger partial charge is 0.468 e. The van der Waals surface area contributed by atoms with E-state index in [1.54, 1.807) is 6.26 Å². The van der Waals surface area contributed by atoms with Gasteiger partial charge < -0.3 is 14.1 Å². The zero-order chi connectivity index (χ0) is 17.8. The van der Waals surface area contributed by atoms with Crippen molar-refractivity contribution in [2.45, 2.75) is 26.5 Å². The maximum Gasteiger partial charge on any atom is 0.117 e. The molecule has 2 aromatic heterocycles. The molecule has 0 aromatic carbocycles. The topological polar surface area (TPSA) is 41.7 Å². The van der Waals surface area contributed by atoms with Gasteiger partial charge in [-0.1, -0.05) is 13.0 Å². The molecule has 0 bridgehead atoms. The van der Waals surface area contributed by atoms with Crippen molar-refractivity contribution in [2.24, 2.45) is 11.3 Å². The molecule has 140 valence electrons. The van der Waals surface area contributed by atoms with Crippen LogP contribution < -0.4 is 0 Å². The molecule has 0 amide bonds. The number of ether oxygens (including phenoxy) is 1. The number of rotatable bonds is 7. The minimum Gasteiger partial charge on any atom is -0.468 e. The van der Waals surface area contributed by atoms with E-state index in [1.807, 2.05) is 30.5 Å². The fourth-order valence-electron chi connectivity index (χ4n) is 4.61. The summed E-state index contributed by atoms with van der Waals surface area (Å²) in [4.78, 5) is 9.50. The Balaban J connectivity index is 1.36. The van der Waals surface area contributed by atoms with E-state index < -0.39 is 0 Å². The molecule has 0 radical (unpaired) electrons. The summed E-state index contributed by atoms with van der Waals surface area (Å²) in [6.45, 7) is 10.4. The lowest BCUT2D eigenvalue weighted by Gasteiger charge is -2.30. The Morgan fingerprint density at radius 2 is 2.15 bits per heavy atom. The Kier molecular flexibility index (Phi) is 5.38. The summed E-state index contributed by atoms with van der Waals surface area (Å²) in [5.74, 6) is 1.66. The summed E-state index contributed by atoms with van der Waals surface area (Å²) >= 11 is 0. The zero-order valence-corrected chi connectivity index (χ0v) is 15.6. The highest BCUT2D eigenvalue weighted by atomic mass is 16.5. The van der Waals surface area contributed by atoms with Gasteiger partial charge in [-0.2, -0.15) is 0 Å². The minimum absolute atomic E-state index is 0.354. The first-order chi connectivity index (χ1) is 12.8. The SMILES string of the molecule is CCN1C[C@H](COCc2ccccn2)[C@@]2(CCN(Cc3ccco3)C2)C1. The van der Waals surface area contributed by atoms with Gasteiger partial charge in [0.1, 0.15) is 5.76 Å². The Morgan fingerprint density at radius 1 is 1.23 bits per heavy atom. The summed E-state index contributed by atoms with van der Waals surface area (Å²) in [7, 11) is 0. The number of furan rings is 1. The fraction of sp³-hybridized carbons (Fsp3) is 0.571. The van der Waals surface area contributed by atoms with Crippen LogP contribution in [-0.4, -0.2) is 54.1 Å².